The molecular weight excluding hydrogens is 735 g/mol. The van der Waals surface area contributed by atoms with Gasteiger partial charge in [-0.25, -0.2) is 4.57 Å². The van der Waals surface area contributed by atoms with E-state index in [0.717, 1.165) is 61.3 Å². The number of fused-ring (bicyclic) bond motifs is 5. The summed E-state index contributed by atoms with van der Waals surface area (Å²) in [6, 6.07) is 38.5. The maximum atomic E-state index is 14.9. The van der Waals surface area contributed by atoms with Gasteiger partial charge in [-0.1, -0.05) is 124 Å². The number of imidazole rings is 1. The highest BCUT2D eigenvalue weighted by molar-refractivity contribution is 6.09. The van der Waals surface area contributed by atoms with E-state index >= 15 is 0 Å². The Morgan fingerprint density at radius 3 is 1.60 bits per heavy atom. The van der Waals surface area contributed by atoms with Crippen LogP contribution in [0.15, 0.2) is 119 Å². The maximum Gasteiger partial charge on any atom is 0.295 e. The minimum atomic E-state index is -0.133. The van der Waals surface area contributed by atoms with Gasteiger partial charge in [-0.05, 0) is 112 Å². The first kappa shape index (κ1) is 39.4. The van der Waals surface area contributed by atoms with E-state index in [1.165, 1.54) is 16.8 Å². The maximum absolute atomic E-state index is 14.9. The third-order valence-corrected chi connectivity index (χ3v) is 12.9. The molecule has 0 spiro atoms. The van der Waals surface area contributed by atoms with Crippen LogP contribution in [0.5, 0.6) is 0 Å². The van der Waals surface area contributed by atoms with Crippen molar-refractivity contribution in [2.24, 2.45) is 7.05 Å². The van der Waals surface area contributed by atoms with Crippen LogP contribution in [0.1, 0.15) is 109 Å². The quantitative estimate of drug-likeness (QED) is 0.0990. The van der Waals surface area contributed by atoms with Crippen molar-refractivity contribution in [3.05, 3.63) is 157 Å². The molecule has 5 nitrogen and oxygen atoms in total. The van der Waals surface area contributed by atoms with Gasteiger partial charge in [0.2, 0.25) is 0 Å². The summed E-state index contributed by atoms with van der Waals surface area (Å²) in [6.07, 6.45) is 0. The zero-order chi connectivity index (χ0) is 42.7. The van der Waals surface area contributed by atoms with Crippen LogP contribution in [0.4, 0.5) is 0 Å². The molecule has 0 unspecified atom stereocenters. The minimum absolute atomic E-state index is 0.0617. The van der Waals surface area contributed by atoms with E-state index in [0.29, 0.717) is 38.9 Å². The first-order valence-electron chi connectivity index (χ1n) is 21.5. The van der Waals surface area contributed by atoms with Gasteiger partial charge < -0.3 is 4.40 Å². The number of aromatic nitrogens is 3. The van der Waals surface area contributed by atoms with Crippen LogP contribution in [-0.2, 0) is 17.9 Å². The smallest absolute Gasteiger partial charge is 0.295 e. The van der Waals surface area contributed by atoms with Gasteiger partial charge in [0.1, 0.15) is 5.69 Å². The van der Waals surface area contributed by atoms with E-state index in [-0.39, 0.29) is 21.7 Å². The summed E-state index contributed by atoms with van der Waals surface area (Å²) in [5, 5.41) is 2.39. The number of pyridine rings is 2. The Kier molecular flexibility index (Phi) is 9.02. The molecule has 3 aromatic heterocycles. The fraction of sp³-hybridized carbons (Fsp3) is 0.291. The molecule has 5 heteroatoms. The van der Waals surface area contributed by atoms with Gasteiger partial charge in [0.15, 0.2) is 21.9 Å². The molecule has 0 aliphatic carbocycles. The van der Waals surface area contributed by atoms with E-state index in [1.54, 1.807) is 0 Å². The number of benzene rings is 6. The largest absolute Gasteiger partial charge is 0.307 e. The summed E-state index contributed by atoms with van der Waals surface area (Å²) in [4.78, 5) is 29.7. The van der Waals surface area contributed by atoms with Crippen LogP contribution >= 0.6 is 0 Å². The third-order valence-electron chi connectivity index (χ3n) is 12.9. The van der Waals surface area contributed by atoms with Crippen molar-refractivity contribution in [2.45, 2.75) is 98.8 Å². The van der Waals surface area contributed by atoms with Crippen molar-refractivity contribution in [1.29, 1.82) is 0 Å². The molecule has 302 valence electrons. The van der Waals surface area contributed by atoms with Crippen LogP contribution in [0.3, 0.4) is 0 Å². The number of hydrogen-bond donors (Lipinski definition) is 0. The second kappa shape index (κ2) is 13.7. The van der Waals surface area contributed by atoms with Crippen molar-refractivity contribution in [1.82, 2.24) is 8.97 Å². The minimum Gasteiger partial charge on any atom is -0.307 e. The Morgan fingerprint density at radius 1 is 0.550 bits per heavy atom. The summed E-state index contributed by atoms with van der Waals surface area (Å²) in [6.45, 7) is 24.4. The third kappa shape index (κ3) is 5.99. The highest BCUT2D eigenvalue weighted by Crippen LogP contribution is 2.40. The number of rotatable bonds is 5. The van der Waals surface area contributed by atoms with Crippen LogP contribution in [-0.4, -0.2) is 8.97 Å². The Balaban J connectivity index is 1.38. The molecule has 9 aromatic rings. The monoisotopic (exact) mass is 790 g/mol. The average Bonchev–Trinajstić information content (AvgIpc) is 3.50. The highest BCUT2D eigenvalue weighted by atomic mass is 16.1. The number of para-hydroxylation sites is 3. The molecule has 0 fully saturated rings. The van der Waals surface area contributed by atoms with Gasteiger partial charge in [-0.15, -0.1) is 0 Å². The zero-order valence-electron chi connectivity index (χ0n) is 37.2. The molecule has 0 bridgehead atoms. The Hall–Kier alpha value is -6.07. The lowest BCUT2D eigenvalue weighted by atomic mass is 9.85. The number of hydrogen-bond acceptors (Lipinski definition) is 2. The van der Waals surface area contributed by atoms with Gasteiger partial charge >= 0.3 is 0 Å². The van der Waals surface area contributed by atoms with Gasteiger partial charge in [-0.3, -0.25) is 9.59 Å². The molecular formula is C55H56N3O2+. The average molecular weight is 791 g/mol. The molecule has 3 heterocycles. The molecule has 9 rings (SSSR count). The Labute approximate surface area is 352 Å². The standard InChI is InChI=1S/C55H56N3O2/c1-31(2)38-16-15-17-39(32(3)4)49(38)58-46-19-14-13-18-45(46)56(12)53(58)42-26-34(21-20-33(42)5)35-27-43-50-44(28-35)52(60)41-25-23-37(55(9,10)11)30-48(41)57(50)47-29-36(54(6,7)8)22-24-40(47)51(43)59/h13-32H,1-12H3/q+1. The fourth-order valence-corrected chi connectivity index (χ4v) is 9.45. The molecule has 0 radical (unpaired) electrons. The summed E-state index contributed by atoms with van der Waals surface area (Å²) in [5.41, 5.74) is 14.3. The lowest BCUT2D eigenvalue weighted by Crippen LogP contribution is -2.30. The highest BCUT2D eigenvalue weighted by Gasteiger charge is 2.32. The van der Waals surface area contributed by atoms with Crippen molar-refractivity contribution in [2.75, 3.05) is 0 Å². The molecule has 60 heavy (non-hydrogen) atoms. The normalized spacial score (nSPS) is 12.8. The van der Waals surface area contributed by atoms with Crippen molar-refractivity contribution in [3.63, 3.8) is 0 Å². The van der Waals surface area contributed by atoms with E-state index in [1.807, 2.05) is 24.3 Å². The van der Waals surface area contributed by atoms with Crippen LogP contribution in [0.2, 0.25) is 0 Å². The van der Waals surface area contributed by atoms with Crippen molar-refractivity contribution < 1.29 is 4.57 Å². The molecule has 0 N–H and O–H groups in total. The Morgan fingerprint density at radius 2 is 1.08 bits per heavy atom. The van der Waals surface area contributed by atoms with Crippen LogP contribution in [0.25, 0.3) is 77.3 Å². The summed E-state index contributed by atoms with van der Waals surface area (Å²) < 4.78 is 6.98. The lowest BCUT2D eigenvalue weighted by Gasteiger charge is -2.23. The second-order valence-corrected chi connectivity index (χ2v) is 19.7. The van der Waals surface area contributed by atoms with Crippen LogP contribution in [0, 0.1) is 6.92 Å². The number of aryl methyl sites for hydroxylation is 2. The van der Waals surface area contributed by atoms with E-state index in [4.69, 9.17) is 0 Å². The fourth-order valence-electron chi connectivity index (χ4n) is 9.45. The van der Waals surface area contributed by atoms with Gasteiger partial charge in [-0.2, -0.15) is 4.57 Å². The lowest BCUT2D eigenvalue weighted by molar-refractivity contribution is -0.633. The molecule has 0 saturated heterocycles. The Bertz CT molecular complexity index is 3200. The van der Waals surface area contributed by atoms with Crippen LogP contribution < -0.4 is 15.4 Å². The second-order valence-electron chi connectivity index (χ2n) is 19.7. The summed E-state index contributed by atoms with van der Waals surface area (Å²) >= 11 is 0. The van der Waals surface area contributed by atoms with Gasteiger partial charge in [0.25, 0.3) is 5.82 Å². The van der Waals surface area contributed by atoms with E-state index in [9.17, 15) is 9.59 Å². The molecule has 6 aromatic carbocycles. The molecule has 0 atom stereocenters. The molecule has 0 amide bonds. The van der Waals surface area contributed by atoms with E-state index < -0.39 is 0 Å². The van der Waals surface area contributed by atoms with Crippen molar-refractivity contribution in [3.8, 4) is 28.2 Å². The van der Waals surface area contributed by atoms with E-state index in [2.05, 4.69) is 182 Å². The predicted octanol–water partition coefficient (Wildman–Crippen LogP) is 12.8. The first-order valence-corrected chi connectivity index (χ1v) is 21.5. The summed E-state index contributed by atoms with van der Waals surface area (Å²) in [5.74, 6) is 1.70. The summed E-state index contributed by atoms with van der Waals surface area (Å²) in [7, 11) is 2.16. The molecule has 0 aliphatic heterocycles. The topological polar surface area (TPSA) is 47.4 Å². The first-order chi connectivity index (χ1) is 28.4. The molecule has 0 saturated carbocycles. The number of nitrogens with zero attached hydrogens (tertiary/aromatic N) is 3. The predicted molar refractivity (Wildman–Crippen MR) is 253 cm³/mol. The zero-order valence-corrected chi connectivity index (χ0v) is 37.2. The SMILES string of the molecule is Cc1ccc(-c2cc3c(=O)c4ccc(C(C)(C)C)cc4n4c5cc(C(C)(C)C)ccc5c(=O)c(c2)c34)cc1-c1n(-c2c(C(C)C)cccc2C(C)C)c2ccccc2[n+]1C. The van der Waals surface area contributed by atoms with Crippen molar-refractivity contribution >= 4 is 49.1 Å². The van der Waals surface area contributed by atoms with Gasteiger partial charge in [0.05, 0.1) is 29.2 Å². The molecule has 0 aliphatic rings. The van der Waals surface area contributed by atoms with Gasteiger partial charge in [0, 0.05) is 32.7 Å².